The van der Waals surface area contributed by atoms with E-state index in [-0.39, 0.29) is 12.5 Å². The molecule has 0 radical (unpaired) electrons. The normalized spacial score (nSPS) is 27.0. The molecule has 0 spiro atoms. The fourth-order valence-electron chi connectivity index (χ4n) is 3.52. The first-order valence-electron chi connectivity index (χ1n) is 7.45. The minimum absolute atomic E-state index is 0.211. The van der Waals surface area contributed by atoms with Crippen molar-refractivity contribution in [2.45, 2.75) is 49.1 Å². The largest absolute Gasteiger partial charge is 0.481 e. The van der Waals surface area contributed by atoms with Gasteiger partial charge in [0, 0.05) is 17.0 Å². The van der Waals surface area contributed by atoms with Crippen molar-refractivity contribution < 1.29 is 9.90 Å². The fraction of sp³-hybridized carbons (Fsp3) is 0.562. The van der Waals surface area contributed by atoms with Gasteiger partial charge in [-0.25, -0.2) is 0 Å². The Hall–Kier alpha value is -1.00. The lowest BCUT2D eigenvalue weighted by Gasteiger charge is -2.43. The van der Waals surface area contributed by atoms with Crippen LogP contribution in [0.4, 0.5) is 0 Å². The molecule has 2 aliphatic heterocycles. The average molecular weight is 291 g/mol. The highest BCUT2D eigenvalue weighted by molar-refractivity contribution is 7.99. The molecule has 3 rings (SSSR count). The summed E-state index contributed by atoms with van der Waals surface area (Å²) in [6.07, 6.45) is 4.81. The topological polar surface area (TPSA) is 40.5 Å². The molecule has 3 nitrogen and oxygen atoms in total. The number of carboxylic acids is 1. The third kappa shape index (κ3) is 2.86. The van der Waals surface area contributed by atoms with Crippen molar-refractivity contribution in [1.82, 2.24) is 4.90 Å². The minimum Gasteiger partial charge on any atom is -0.481 e. The van der Waals surface area contributed by atoms with Crippen LogP contribution in [0.15, 0.2) is 29.2 Å². The zero-order valence-electron chi connectivity index (χ0n) is 11.6. The number of nitrogens with zero attached hydrogens (tertiary/aromatic N) is 1. The Morgan fingerprint density at radius 1 is 1.30 bits per heavy atom. The molecule has 1 aromatic rings. The summed E-state index contributed by atoms with van der Waals surface area (Å²) >= 11 is 1.93. The minimum atomic E-state index is -0.666. The van der Waals surface area contributed by atoms with Gasteiger partial charge in [0.1, 0.15) is 0 Å². The lowest BCUT2D eigenvalue weighted by Crippen LogP contribution is -2.44. The SMILES string of the molecule is O=C(O)CC1CCCCN1C1CCSc2ccccc21. The number of hydrogen-bond donors (Lipinski definition) is 1. The Kier molecular flexibility index (Phi) is 4.32. The van der Waals surface area contributed by atoms with Crippen LogP contribution >= 0.6 is 11.8 Å². The van der Waals surface area contributed by atoms with E-state index in [0.717, 1.165) is 31.6 Å². The van der Waals surface area contributed by atoms with E-state index in [1.54, 1.807) is 0 Å². The van der Waals surface area contributed by atoms with Crippen molar-refractivity contribution in [3.8, 4) is 0 Å². The summed E-state index contributed by atoms with van der Waals surface area (Å²) in [4.78, 5) is 15.0. The fourth-order valence-corrected chi connectivity index (χ4v) is 4.63. The Labute approximate surface area is 124 Å². The van der Waals surface area contributed by atoms with Gasteiger partial charge < -0.3 is 5.11 Å². The third-order valence-corrected chi connectivity index (χ3v) is 5.53. The van der Waals surface area contributed by atoms with Gasteiger partial charge in [-0.3, -0.25) is 9.69 Å². The average Bonchev–Trinajstić information content (AvgIpc) is 2.47. The molecule has 20 heavy (non-hydrogen) atoms. The summed E-state index contributed by atoms with van der Waals surface area (Å²) in [5.41, 5.74) is 1.40. The van der Waals surface area contributed by atoms with Crippen LogP contribution in [-0.4, -0.2) is 34.3 Å². The Morgan fingerprint density at radius 3 is 3.00 bits per heavy atom. The first-order chi connectivity index (χ1) is 9.75. The van der Waals surface area contributed by atoms with Crippen molar-refractivity contribution in [1.29, 1.82) is 0 Å². The van der Waals surface area contributed by atoms with E-state index in [9.17, 15) is 4.79 Å². The molecule has 1 N–H and O–H groups in total. The molecule has 0 aromatic heterocycles. The number of benzene rings is 1. The molecule has 2 aliphatic rings. The van der Waals surface area contributed by atoms with Gasteiger partial charge in [-0.2, -0.15) is 0 Å². The zero-order valence-corrected chi connectivity index (χ0v) is 12.4. The smallest absolute Gasteiger partial charge is 0.304 e. The second-order valence-electron chi connectivity index (χ2n) is 5.68. The summed E-state index contributed by atoms with van der Waals surface area (Å²) in [6, 6.07) is 9.24. The Morgan fingerprint density at radius 2 is 2.15 bits per heavy atom. The van der Waals surface area contributed by atoms with Crippen molar-refractivity contribution in [2.24, 2.45) is 0 Å². The molecule has 108 valence electrons. The van der Waals surface area contributed by atoms with Crippen LogP contribution in [-0.2, 0) is 4.79 Å². The number of hydrogen-bond acceptors (Lipinski definition) is 3. The van der Waals surface area contributed by atoms with E-state index in [2.05, 4.69) is 29.2 Å². The number of thioether (sulfide) groups is 1. The number of likely N-dealkylation sites (tertiary alicyclic amines) is 1. The molecular weight excluding hydrogens is 270 g/mol. The van der Waals surface area contributed by atoms with Gasteiger partial charge in [-0.05, 0) is 43.2 Å². The van der Waals surface area contributed by atoms with Gasteiger partial charge >= 0.3 is 5.97 Å². The second-order valence-corrected chi connectivity index (χ2v) is 6.81. The van der Waals surface area contributed by atoms with Gasteiger partial charge in [-0.15, -0.1) is 11.8 Å². The van der Waals surface area contributed by atoms with Crippen LogP contribution in [0.25, 0.3) is 0 Å². The monoisotopic (exact) mass is 291 g/mol. The molecule has 2 unspecified atom stereocenters. The summed E-state index contributed by atoms with van der Waals surface area (Å²) in [7, 11) is 0. The van der Waals surface area contributed by atoms with Crippen molar-refractivity contribution in [2.75, 3.05) is 12.3 Å². The molecule has 0 amide bonds. The molecule has 1 saturated heterocycles. The summed E-state index contributed by atoms with van der Waals surface area (Å²) in [5, 5.41) is 9.15. The summed E-state index contributed by atoms with van der Waals surface area (Å²) in [5.74, 6) is 0.471. The van der Waals surface area contributed by atoms with Gasteiger partial charge in [0.15, 0.2) is 0 Å². The zero-order chi connectivity index (χ0) is 13.9. The number of fused-ring (bicyclic) bond motifs is 1. The van der Waals surface area contributed by atoms with Crippen molar-refractivity contribution in [3.05, 3.63) is 29.8 Å². The van der Waals surface area contributed by atoms with E-state index in [1.807, 2.05) is 11.8 Å². The van der Waals surface area contributed by atoms with Crippen molar-refractivity contribution in [3.63, 3.8) is 0 Å². The van der Waals surface area contributed by atoms with Crippen LogP contribution in [0.5, 0.6) is 0 Å². The maximum atomic E-state index is 11.1. The highest BCUT2D eigenvalue weighted by Gasteiger charge is 2.33. The van der Waals surface area contributed by atoms with Crippen molar-refractivity contribution >= 4 is 17.7 Å². The lowest BCUT2D eigenvalue weighted by atomic mass is 9.93. The Balaban J connectivity index is 1.85. The van der Waals surface area contributed by atoms with E-state index >= 15 is 0 Å². The predicted octanol–water partition coefficient (Wildman–Crippen LogP) is 3.55. The molecule has 2 atom stereocenters. The molecule has 1 aromatic carbocycles. The second kappa shape index (κ2) is 6.19. The highest BCUT2D eigenvalue weighted by Crippen LogP contribution is 2.41. The van der Waals surface area contributed by atoms with Gasteiger partial charge in [0.2, 0.25) is 0 Å². The van der Waals surface area contributed by atoms with E-state index < -0.39 is 5.97 Å². The maximum absolute atomic E-state index is 11.1. The van der Waals surface area contributed by atoms with Crippen LogP contribution in [0.1, 0.15) is 43.7 Å². The van der Waals surface area contributed by atoms with Gasteiger partial charge in [0.05, 0.1) is 6.42 Å². The quantitative estimate of drug-likeness (QED) is 0.924. The first-order valence-corrected chi connectivity index (χ1v) is 8.43. The third-order valence-electron chi connectivity index (χ3n) is 4.41. The van der Waals surface area contributed by atoms with Crippen LogP contribution in [0.3, 0.4) is 0 Å². The van der Waals surface area contributed by atoms with Crippen LogP contribution in [0, 0.1) is 0 Å². The number of aliphatic carboxylic acids is 1. The maximum Gasteiger partial charge on any atom is 0.304 e. The summed E-state index contributed by atoms with van der Waals surface area (Å²) in [6.45, 7) is 1.04. The number of carbonyl (C=O) groups is 1. The summed E-state index contributed by atoms with van der Waals surface area (Å²) < 4.78 is 0. The van der Waals surface area contributed by atoms with E-state index in [4.69, 9.17) is 5.11 Å². The standard InChI is InChI=1S/C16H21NO2S/c18-16(19)11-12-5-3-4-9-17(12)14-8-10-20-15-7-2-1-6-13(14)15/h1-2,6-7,12,14H,3-5,8-11H2,(H,18,19). The number of rotatable bonds is 3. The first kappa shape index (κ1) is 14.0. The molecule has 1 fully saturated rings. The predicted molar refractivity (Wildman–Crippen MR) is 81.1 cm³/mol. The van der Waals surface area contributed by atoms with Gasteiger partial charge in [0.25, 0.3) is 0 Å². The van der Waals surface area contributed by atoms with E-state index in [1.165, 1.54) is 16.9 Å². The molecule has 2 heterocycles. The van der Waals surface area contributed by atoms with E-state index in [0.29, 0.717) is 6.04 Å². The van der Waals surface area contributed by atoms with Crippen LogP contribution in [0.2, 0.25) is 0 Å². The molecule has 0 saturated carbocycles. The molecule has 0 aliphatic carbocycles. The highest BCUT2D eigenvalue weighted by atomic mass is 32.2. The number of piperidine rings is 1. The van der Waals surface area contributed by atoms with Gasteiger partial charge in [-0.1, -0.05) is 24.6 Å². The molecule has 0 bridgehead atoms. The lowest BCUT2D eigenvalue weighted by molar-refractivity contribution is -0.139. The van der Waals surface area contributed by atoms with Crippen LogP contribution < -0.4 is 0 Å². The molecule has 4 heteroatoms. The number of carboxylic acid groups (broad SMARTS) is 1. The Bertz CT molecular complexity index is 491. The molecular formula is C16H21NO2S.